The minimum Gasteiger partial charge on any atom is -0.453 e. The van der Waals surface area contributed by atoms with Crippen molar-refractivity contribution in [2.45, 2.75) is 0 Å². The van der Waals surface area contributed by atoms with Gasteiger partial charge in [-0.25, -0.2) is 4.98 Å². The zero-order valence-electron chi connectivity index (χ0n) is 26.6. The van der Waals surface area contributed by atoms with Crippen LogP contribution in [0.25, 0.3) is 72.5 Å². The third-order valence-corrected chi connectivity index (χ3v) is 9.01. The maximum Gasteiger partial charge on any atom is 0.231 e. The molecule has 7 aromatic carbocycles. The molecule has 49 heavy (non-hydrogen) atoms. The smallest absolute Gasteiger partial charge is 0.231 e. The Bertz CT molecular complexity index is 2650. The van der Waals surface area contributed by atoms with Crippen molar-refractivity contribution in [3.63, 3.8) is 0 Å². The molecule has 0 saturated heterocycles. The van der Waals surface area contributed by atoms with E-state index in [1.807, 2.05) is 42.5 Å². The molecule has 0 saturated carbocycles. The van der Waals surface area contributed by atoms with E-state index in [2.05, 4.69) is 133 Å². The van der Waals surface area contributed by atoms with Gasteiger partial charge in [0.2, 0.25) is 5.89 Å². The largest absolute Gasteiger partial charge is 0.453 e. The first-order valence-electron chi connectivity index (χ1n) is 16.3. The van der Waals surface area contributed by atoms with Gasteiger partial charge >= 0.3 is 0 Å². The summed E-state index contributed by atoms with van der Waals surface area (Å²) in [4.78, 5) is 7.14. The molecule has 0 amide bonds. The zero-order valence-corrected chi connectivity index (χ0v) is 26.6. The Labute approximate surface area is 283 Å². The highest BCUT2D eigenvalue weighted by Crippen LogP contribution is 2.45. The Kier molecular flexibility index (Phi) is 6.91. The Morgan fingerprint density at radius 1 is 0.571 bits per heavy atom. The Hall–Kier alpha value is -6.65. The second-order valence-electron chi connectivity index (χ2n) is 12.1. The van der Waals surface area contributed by atoms with Crippen molar-refractivity contribution in [2.75, 3.05) is 4.90 Å². The molecule has 9 aromatic rings. The minimum atomic E-state index is 0.517. The van der Waals surface area contributed by atoms with E-state index in [1.54, 1.807) is 6.08 Å². The quantitative estimate of drug-likeness (QED) is 0.164. The second-order valence-corrected chi connectivity index (χ2v) is 12.1. The highest BCUT2D eigenvalue weighted by Gasteiger charge is 2.23. The van der Waals surface area contributed by atoms with Gasteiger partial charge in [0.25, 0.3) is 0 Å². The standard InChI is InChI=1S/C45H30N2O2/c1-2-3-12-30-27-38-37-17-11-19-41(44(37)49-43(38)39(28-30)45-46-40-18-9-10-20-42(40)48-45)47(36-26-23-32-15-7-8-16-34(32)29-36)35-24-21-33(22-25-35)31-13-5-4-6-14-31/h2-29H,1H2/b12-3-. The number of benzene rings is 7. The predicted octanol–water partition coefficient (Wildman–Crippen LogP) is 12.9. The van der Waals surface area contributed by atoms with Crippen LogP contribution >= 0.6 is 0 Å². The van der Waals surface area contributed by atoms with Crippen LogP contribution in [-0.4, -0.2) is 4.98 Å². The molecular weight excluding hydrogens is 601 g/mol. The van der Waals surface area contributed by atoms with Crippen LogP contribution in [0.5, 0.6) is 0 Å². The molecule has 2 heterocycles. The first kappa shape index (κ1) is 28.6. The highest BCUT2D eigenvalue weighted by atomic mass is 16.4. The van der Waals surface area contributed by atoms with E-state index < -0.39 is 0 Å². The number of oxazole rings is 1. The van der Waals surface area contributed by atoms with Gasteiger partial charge in [-0.1, -0.05) is 122 Å². The van der Waals surface area contributed by atoms with Crippen molar-refractivity contribution in [1.29, 1.82) is 0 Å². The van der Waals surface area contributed by atoms with E-state index in [1.165, 1.54) is 16.3 Å². The van der Waals surface area contributed by atoms with Gasteiger partial charge in [0.05, 0.1) is 11.3 Å². The summed E-state index contributed by atoms with van der Waals surface area (Å²) in [5.74, 6) is 0.517. The Morgan fingerprint density at radius 3 is 2.16 bits per heavy atom. The van der Waals surface area contributed by atoms with Crippen LogP contribution in [0.3, 0.4) is 0 Å². The summed E-state index contributed by atoms with van der Waals surface area (Å²) in [6.45, 7) is 3.88. The molecule has 0 aliphatic rings. The van der Waals surface area contributed by atoms with Crippen LogP contribution in [0.1, 0.15) is 5.56 Å². The third kappa shape index (κ3) is 5.07. The summed E-state index contributed by atoms with van der Waals surface area (Å²) in [6.07, 6.45) is 5.75. The Balaban J connectivity index is 1.28. The number of fused-ring (bicyclic) bond motifs is 5. The average Bonchev–Trinajstić information content (AvgIpc) is 3.77. The van der Waals surface area contributed by atoms with Crippen molar-refractivity contribution < 1.29 is 8.83 Å². The lowest BCUT2D eigenvalue weighted by Crippen LogP contribution is -2.10. The second kappa shape index (κ2) is 11.9. The van der Waals surface area contributed by atoms with Crippen LogP contribution in [0.15, 0.2) is 179 Å². The summed E-state index contributed by atoms with van der Waals surface area (Å²) < 4.78 is 13.2. The van der Waals surface area contributed by atoms with E-state index in [4.69, 9.17) is 13.8 Å². The molecule has 4 nitrogen and oxygen atoms in total. The fraction of sp³-hybridized carbons (Fsp3) is 0. The molecule has 0 unspecified atom stereocenters. The molecule has 232 valence electrons. The number of nitrogens with zero attached hydrogens (tertiary/aromatic N) is 2. The van der Waals surface area contributed by atoms with Crippen molar-refractivity contribution in [2.24, 2.45) is 0 Å². The van der Waals surface area contributed by atoms with Gasteiger partial charge in [-0.2, -0.15) is 0 Å². The molecule has 9 rings (SSSR count). The van der Waals surface area contributed by atoms with Crippen LogP contribution < -0.4 is 4.90 Å². The van der Waals surface area contributed by atoms with Crippen LogP contribution in [0, 0.1) is 0 Å². The topological polar surface area (TPSA) is 42.4 Å². The highest BCUT2D eigenvalue weighted by molar-refractivity contribution is 6.14. The van der Waals surface area contributed by atoms with E-state index in [9.17, 15) is 0 Å². The number of hydrogen-bond donors (Lipinski definition) is 0. The molecule has 0 aliphatic carbocycles. The predicted molar refractivity (Wildman–Crippen MR) is 204 cm³/mol. The number of hydrogen-bond acceptors (Lipinski definition) is 4. The van der Waals surface area contributed by atoms with Crippen molar-refractivity contribution >= 4 is 66.9 Å². The van der Waals surface area contributed by atoms with Crippen LogP contribution in [0.4, 0.5) is 17.1 Å². The first-order chi connectivity index (χ1) is 24.2. The lowest BCUT2D eigenvalue weighted by atomic mass is 10.0. The number of allylic oxidation sites excluding steroid dienone is 2. The van der Waals surface area contributed by atoms with Gasteiger partial charge in [-0.3, -0.25) is 0 Å². The van der Waals surface area contributed by atoms with E-state index in [0.29, 0.717) is 5.89 Å². The fourth-order valence-electron chi connectivity index (χ4n) is 6.68. The summed E-state index contributed by atoms with van der Waals surface area (Å²) in [5, 5.41) is 4.35. The summed E-state index contributed by atoms with van der Waals surface area (Å²) in [6, 6.07) is 52.6. The summed E-state index contributed by atoms with van der Waals surface area (Å²) in [7, 11) is 0. The monoisotopic (exact) mass is 630 g/mol. The SMILES string of the molecule is C=C/C=C\c1cc(-c2nc3ccccc3o2)c2oc3c(N(c4ccc(-c5ccccc5)cc4)c4ccc5ccccc5c4)cccc3c2c1. The number of rotatable bonds is 7. The number of furan rings is 1. The van der Waals surface area contributed by atoms with E-state index >= 15 is 0 Å². The number of anilines is 3. The van der Waals surface area contributed by atoms with Crippen molar-refractivity contribution in [3.8, 4) is 22.6 Å². The van der Waals surface area contributed by atoms with E-state index in [0.717, 1.165) is 66.8 Å². The number of para-hydroxylation sites is 3. The Morgan fingerprint density at radius 2 is 1.33 bits per heavy atom. The average molecular weight is 631 g/mol. The van der Waals surface area contributed by atoms with Gasteiger partial charge in [-0.05, 0) is 82.1 Å². The molecule has 0 fully saturated rings. The normalized spacial score (nSPS) is 11.7. The molecular formula is C45H30N2O2. The molecule has 4 heteroatoms. The molecule has 2 aromatic heterocycles. The van der Waals surface area contributed by atoms with E-state index in [-0.39, 0.29) is 0 Å². The van der Waals surface area contributed by atoms with Gasteiger partial charge in [-0.15, -0.1) is 0 Å². The molecule has 0 bridgehead atoms. The molecule has 0 spiro atoms. The maximum atomic E-state index is 6.94. The maximum absolute atomic E-state index is 6.94. The summed E-state index contributed by atoms with van der Waals surface area (Å²) in [5.41, 5.74) is 10.2. The molecule has 0 atom stereocenters. The molecule has 0 N–H and O–H groups in total. The van der Waals surface area contributed by atoms with Gasteiger partial charge < -0.3 is 13.7 Å². The van der Waals surface area contributed by atoms with Gasteiger partial charge in [0.15, 0.2) is 11.2 Å². The minimum absolute atomic E-state index is 0.517. The molecule has 0 aliphatic heterocycles. The van der Waals surface area contributed by atoms with Gasteiger partial charge in [0, 0.05) is 22.1 Å². The third-order valence-electron chi connectivity index (χ3n) is 9.01. The summed E-state index contributed by atoms with van der Waals surface area (Å²) >= 11 is 0. The fourth-order valence-corrected chi connectivity index (χ4v) is 6.68. The van der Waals surface area contributed by atoms with Crippen molar-refractivity contribution in [1.82, 2.24) is 4.98 Å². The lowest BCUT2D eigenvalue weighted by molar-refractivity contribution is 0.615. The van der Waals surface area contributed by atoms with Crippen LogP contribution in [-0.2, 0) is 0 Å². The van der Waals surface area contributed by atoms with Crippen LogP contribution in [0.2, 0.25) is 0 Å². The number of aromatic nitrogens is 1. The molecule has 0 radical (unpaired) electrons. The first-order valence-corrected chi connectivity index (χ1v) is 16.3. The zero-order chi connectivity index (χ0) is 32.7. The van der Waals surface area contributed by atoms with Gasteiger partial charge in [0.1, 0.15) is 11.1 Å². The lowest BCUT2D eigenvalue weighted by Gasteiger charge is -2.26. The van der Waals surface area contributed by atoms with Crippen molar-refractivity contribution in [3.05, 3.63) is 176 Å².